The average molecular weight is 502 g/mol. The molecule has 8 nitrogen and oxygen atoms in total. The van der Waals surface area contributed by atoms with Crippen molar-refractivity contribution in [3.8, 4) is 22.9 Å². The van der Waals surface area contributed by atoms with Crippen LogP contribution in [0.3, 0.4) is 0 Å². The number of nitrogens with one attached hydrogen (secondary N) is 1. The molecule has 0 fully saturated rings. The van der Waals surface area contributed by atoms with Gasteiger partial charge in [-0.1, -0.05) is 26.0 Å². The van der Waals surface area contributed by atoms with E-state index in [1.54, 1.807) is 14.2 Å². The number of hydrogen-bond donors (Lipinski definition) is 1. The van der Waals surface area contributed by atoms with E-state index in [-0.39, 0.29) is 17.2 Å². The van der Waals surface area contributed by atoms with Gasteiger partial charge in [-0.05, 0) is 61.6 Å². The van der Waals surface area contributed by atoms with Crippen LogP contribution in [0.15, 0.2) is 53.7 Å². The van der Waals surface area contributed by atoms with Gasteiger partial charge in [-0.15, -0.1) is 5.10 Å². The Kier molecular flexibility index (Phi) is 6.43. The van der Waals surface area contributed by atoms with Gasteiger partial charge in [0.1, 0.15) is 6.04 Å². The van der Waals surface area contributed by atoms with Gasteiger partial charge in [0.05, 0.1) is 14.2 Å². The maximum absolute atomic E-state index is 13.5. The number of rotatable bonds is 7. The molecule has 5 rings (SSSR count). The third kappa shape index (κ3) is 4.45. The number of methoxy groups -OCH3 is 2. The van der Waals surface area contributed by atoms with Crippen molar-refractivity contribution in [3.05, 3.63) is 59.3 Å². The second-order valence-corrected chi connectivity index (χ2v) is 10.4. The van der Waals surface area contributed by atoms with Crippen molar-refractivity contribution >= 4 is 17.4 Å². The largest absolute Gasteiger partial charge is 0.493 e. The molecule has 1 atom stereocenters. The molecule has 2 aromatic carbocycles. The summed E-state index contributed by atoms with van der Waals surface area (Å²) in [6, 6.07) is 13.8. The molecule has 2 heterocycles. The summed E-state index contributed by atoms with van der Waals surface area (Å²) in [5, 5.41) is 8.37. The van der Waals surface area contributed by atoms with Gasteiger partial charge >= 0.3 is 0 Å². The zero-order valence-corrected chi connectivity index (χ0v) is 22.5. The molecule has 8 heteroatoms. The van der Waals surface area contributed by atoms with Gasteiger partial charge in [0.25, 0.3) is 0 Å². The Bertz CT molecular complexity index is 1350. The lowest BCUT2D eigenvalue weighted by Crippen LogP contribution is -2.36. The van der Waals surface area contributed by atoms with Gasteiger partial charge in [0.15, 0.2) is 23.1 Å². The van der Waals surface area contributed by atoms with E-state index >= 15 is 0 Å². The normalized spacial score (nSPS) is 18.1. The van der Waals surface area contributed by atoms with Crippen LogP contribution < -0.4 is 19.7 Å². The number of carbonyl (C=O) groups excluding carboxylic acids is 1. The molecule has 1 aliphatic heterocycles. The van der Waals surface area contributed by atoms with E-state index in [2.05, 4.69) is 62.2 Å². The Morgan fingerprint density at radius 1 is 1.03 bits per heavy atom. The number of hydrogen-bond acceptors (Lipinski definition) is 7. The van der Waals surface area contributed by atoms with Gasteiger partial charge in [-0.3, -0.25) is 4.79 Å². The molecule has 1 N–H and O–H groups in total. The summed E-state index contributed by atoms with van der Waals surface area (Å²) in [6.45, 7) is 10.5. The molecule has 2 aliphatic rings. The first-order chi connectivity index (χ1) is 17.8. The maximum Gasteiger partial charge on any atom is 0.226 e. The van der Waals surface area contributed by atoms with E-state index in [0.29, 0.717) is 29.7 Å². The molecule has 0 bridgehead atoms. The second-order valence-electron chi connectivity index (χ2n) is 10.4. The lowest BCUT2D eigenvalue weighted by Gasteiger charge is -2.38. The Morgan fingerprint density at radius 3 is 2.38 bits per heavy atom. The van der Waals surface area contributed by atoms with E-state index in [9.17, 15) is 4.79 Å². The first kappa shape index (κ1) is 24.9. The van der Waals surface area contributed by atoms with Gasteiger partial charge in [0, 0.05) is 42.0 Å². The number of benzene rings is 2. The number of allylic oxidation sites excluding steroid dienone is 2. The van der Waals surface area contributed by atoms with Crippen LogP contribution in [0.4, 0.5) is 11.6 Å². The first-order valence-corrected chi connectivity index (χ1v) is 12.9. The molecule has 0 saturated carbocycles. The van der Waals surface area contributed by atoms with Crippen molar-refractivity contribution in [2.75, 3.05) is 37.5 Å². The minimum Gasteiger partial charge on any atom is -0.493 e. The van der Waals surface area contributed by atoms with Crippen molar-refractivity contribution in [1.82, 2.24) is 14.8 Å². The highest BCUT2D eigenvalue weighted by Gasteiger charge is 2.42. The zero-order chi connectivity index (χ0) is 26.3. The average Bonchev–Trinajstić information content (AvgIpc) is 3.31. The molecule has 0 radical (unpaired) electrons. The highest BCUT2D eigenvalue weighted by molar-refractivity contribution is 6.00. The van der Waals surface area contributed by atoms with Crippen LogP contribution >= 0.6 is 0 Å². The molecule has 3 aromatic rings. The van der Waals surface area contributed by atoms with Crippen LogP contribution in [0.5, 0.6) is 11.5 Å². The fourth-order valence-electron chi connectivity index (χ4n) is 5.47. The number of anilines is 2. The summed E-state index contributed by atoms with van der Waals surface area (Å²) in [5.41, 5.74) is 4.60. The topological polar surface area (TPSA) is 81.5 Å². The molecule has 1 unspecified atom stereocenters. The van der Waals surface area contributed by atoms with E-state index < -0.39 is 0 Å². The SMILES string of the molecule is CCN(CC)c1ccc(C2C3=C(CC(C)(C)CC3=O)Nc3nc(-c4ccc(OC)c(OC)c4)nn32)cc1. The summed E-state index contributed by atoms with van der Waals surface area (Å²) in [4.78, 5) is 20.7. The number of aromatic nitrogens is 3. The van der Waals surface area contributed by atoms with Crippen molar-refractivity contribution in [2.45, 2.75) is 46.6 Å². The predicted molar refractivity (Wildman–Crippen MR) is 145 cm³/mol. The highest BCUT2D eigenvalue weighted by atomic mass is 16.5. The van der Waals surface area contributed by atoms with Crippen molar-refractivity contribution < 1.29 is 14.3 Å². The smallest absolute Gasteiger partial charge is 0.226 e. The lowest BCUT2D eigenvalue weighted by molar-refractivity contribution is -0.118. The summed E-state index contributed by atoms with van der Waals surface area (Å²) >= 11 is 0. The molecular weight excluding hydrogens is 466 g/mol. The third-order valence-electron chi connectivity index (χ3n) is 7.31. The minimum absolute atomic E-state index is 0.117. The zero-order valence-electron chi connectivity index (χ0n) is 22.5. The number of carbonyl (C=O) groups is 1. The van der Waals surface area contributed by atoms with Crippen LogP contribution in [0.25, 0.3) is 11.4 Å². The molecular formula is C29H35N5O3. The standard InChI is InChI=1S/C29H35N5O3/c1-7-33(8-2)20-12-9-18(10-13-20)26-25-21(16-29(3,4)17-22(25)35)30-28-31-27(32-34(26)28)19-11-14-23(36-5)24(15-19)37-6/h9-15,26H,7-8,16-17H2,1-6H3,(H,30,31,32). The van der Waals surface area contributed by atoms with Crippen LogP contribution in [-0.4, -0.2) is 47.9 Å². The van der Waals surface area contributed by atoms with E-state index in [4.69, 9.17) is 19.6 Å². The fraction of sp³-hybridized carbons (Fsp3) is 0.414. The minimum atomic E-state index is -0.345. The van der Waals surface area contributed by atoms with E-state index in [1.165, 1.54) is 0 Å². The van der Waals surface area contributed by atoms with Crippen LogP contribution in [0.2, 0.25) is 0 Å². The van der Waals surface area contributed by atoms with Gasteiger partial charge < -0.3 is 19.7 Å². The summed E-state index contributed by atoms with van der Waals surface area (Å²) in [7, 11) is 3.22. The Morgan fingerprint density at radius 2 is 1.73 bits per heavy atom. The number of ketones is 1. The number of fused-ring (bicyclic) bond motifs is 1. The predicted octanol–water partition coefficient (Wildman–Crippen LogP) is 5.47. The lowest BCUT2D eigenvalue weighted by atomic mass is 9.73. The van der Waals surface area contributed by atoms with Crippen LogP contribution in [0.1, 0.15) is 52.1 Å². The van der Waals surface area contributed by atoms with Crippen LogP contribution in [0, 0.1) is 5.41 Å². The van der Waals surface area contributed by atoms with Gasteiger partial charge in [-0.2, -0.15) is 4.98 Å². The summed E-state index contributed by atoms with van der Waals surface area (Å²) in [6.07, 6.45) is 1.29. The fourth-order valence-corrected chi connectivity index (χ4v) is 5.47. The maximum atomic E-state index is 13.5. The second kappa shape index (κ2) is 9.57. The monoisotopic (exact) mass is 501 g/mol. The number of ether oxygens (including phenoxy) is 2. The molecule has 0 spiro atoms. The molecule has 1 aliphatic carbocycles. The third-order valence-corrected chi connectivity index (χ3v) is 7.31. The molecule has 1 aromatic heterocycles. The Hall–Kier alpha value is -3.81. The Labute approximate surface area is 218 Å². The van der Waals surface area contributed by atoms with Crippen LogP contribution in [-0.2, 0) is 4.79 Å². The summed E-state index contributed by atoms with van der Waals surface area (Å²) in [5.74, 6) is 2.60. The molecule has 37 heavy (non-hydrogen) atoms. The number of Topliss-reactive ketones (excluding diaryl/α,β-unsaturated/α-hetero) is 1. The Balaban J connectivity index is 1.62. The highest BCUT2D eigenvalue weighted by Crippen LogP contribution is 2.46. The van der Waals surface area contributed by atoms with Crippen molar-refractivity contribution in [1.29, 1.82) is 0 Å². The van der Waals surface area contributed by atoms with Gasteiger partial charge in [-0.25, -0.2) is 4.68 Å². The molecule has 194 valence electrons. The molecule has 0 saturated heterocycles. The quantitative estimate of drug-likeness (QED) is 0.460. The van der Waals surface area contributed by atoms with E-state index in [1.807, 2.05) is 22.9 Å². The van der Waals surface area contributed by atoms with Crippen molar-refractivity contribution in [3.63, 3.8) is 0 Å². The summed E-state index contributed by atoms with van der Waals surface area (Å²) < 4.78 is 12.7. The molecule has 0 amide bonds. The number of nitrogens with zero attached hydrogens (tertiary/aromatic N) is 4. The van der Waals surface area contributed by atoms with Gasteiger partial charge in [0.2, 0.25) is 5.95 Å². The first-order valence-electron chi connectivity index (χ1n) is 12.9. The van der Waals surface area contributed by atoms with E-state index in [0.717, 1.165) is 47.6 Å². The van der Waals surface area contributed by atoms with Crippen molar-refractivity contribution in [2.24, 2.45) is 5.41 Å².